The van der Waals surface area contributed by atoms with Crippen LogP contribution >= 0.6 is 0 Å². The molecule has 2 rings (SSSR count). The van der Waals surface area contributed by atoms with Crippen LogP contribution in [0, 0.1) is 0 Å². The second-order valence-electron chi connectivity index (χ2n) is 4.32. The number of hydrogen-bond donors (Lipinski definition) is 1. The summed E-state index contributed by atoms with van der Waals surface area (Å²) in [6.07, 6.45) is -6.41. The molecule has 1 N–H and O–H groups in total. The van der Waals surface area contributed by atoms with Gasteiger partial charge in [-0.25, -0.2) is 0 Å². The van der Waals surface area contributed by atoms with Crippen molar-refractivity contribution in [2.24, 2.45) is 0 Å². The first-order chi connectivity index (χ1) is 9.50. The molecule has 0 aliphatic carbocycles. The van der Waals surface area contributed by atoms with Crippen LogP contribution in [0.5, 0.6) is 5.75 Å². The fraction of sp³-hybridized carbons (Fsp3) is 0.231. The summed E-state index contributed by atoms with van der Waals surface area (Å²) in [4.78, 5) is 0. The van der Waals surface area contributed by atoms with E-state index in [4.69, 9.17) is 0 Å². The highest BCUT2D eigenvalue weighted by atomic mass is 19.4. The number of aromatic hydroxyl groups is 1. The van der Waals surface area contributed by atoms with Crippen molar-refractivity contribution in [3.63, 3.8) is 0 Å². The Kier molecular flexibility index (Phi) is 3.30. The molecule has 0 aliphatic heterocycles. The van der Waals surface area contributed by atoms with Gasteiger partial charge in [0.05, 0.1) is 0 Å². The van der Waals surface area contributed by atoms with Crippen molar-refractivity contribution in [2.75, 3.05) is 0 Å². The average Bonchev–Trinajstić information content (AvgIpc) is 2.37. The Labute approximate surface area is 113 Å². The van der Waals surface area contributed by atoms with Crippen molar-refractivity contribution < 1.29 is 35.8 Å². The molecule has 0 bridgehead atoms. The van der Waals surface area contributed by atoms with E-state index in [2.05, 4.69) is 0 Å². The highest BCUT2D eigenvalue weighted by molar-refractivity contribution is 5.91. The maximum atomic E-state index is 13.7. The lowest BCUT2D eigenvalue weighted by atomic mass is 9.95. The molecule has 0 radical (unpaired) electrons. The number of halogens is 7. The normalized spacial score (nSPS) is 13.7. The summed E-state index contributed by atoms with van der Waals surface area (Å²) >= 11 is 0. The van der Waals surface area contributed by atoms with E-state index in [1.54, 1.807) is 0 Å². The van der Waals surface area contributed by atoms with Crippen LogP contribution in [0.2, 0.25) is 0 Å². The predicted molar refractivity (Wildman–Crippen MR) is 60.5 cm³/mol. The number of phenols is 1. The Bertz CT molecular complexity index is 676. The second kappa shape index (κ2) is 4.51. The predicted octanol–water partition coefficient (Wildman–Crippen LogP) is 4.83. The SMILES string of the molecule is Oc1ccc(C(F)(F)C(F)(F)C(F)(F)F)c2ccccc12. The summed E-state index contributed by atoms with van der Waals surface area (Å²) in [7, 11) is 0. The summed E-state index contributed by atoms with van der Waals surface area (Å²) in [5, 5.41) is 8.65. The van der Waals surface area contributed by atoms with Crippen molar-refractivity contribution in [3.05, 3.63) is 42.0 Å². The van der Waals surface area contributed by atoms with Crippen LogP contribution in [0.15, 0.2) is 36.4 Å². The Morgan fingerprint density at radius 2 is 1.24 bits per heavy atom. The molecule has 0 atom stereocenters. The van der Waals surface area contributed by atoms with Crippen LogP contribution in [0.1, 0.15) is 5.56 Å². The number of rotatable bonds is 2. The summed E-state index contributed by atoms with van der Waals surface area (Å²) < 4.78 is 90.3. The summed E-state index contributed by atoms with van der Waals surface area (Å²) in [5.41, 5.74) is -1.50. The third kappa shape index (κ3) is 2.18. The van der Waals surface area contributed by atoms with Crippen molar-refractivity contribution >= 4 is 10.8 Å². The van der Waals surface area contributed by atoms with Gasteiger partial charge in [-0.3, -0.25) is 0 Å². The van der Waals surface area contributed by atoms with E-state index in [0.29, 0.717) is 12.1 Å². The Morgan fingerprint density at radius 1 is 0.714 bits per heavy atom. The van der Waals surface area contributed by atoms with Crippen LogP contribution in [-0.4, -0.2) is 17.2 Å². The number of fused-ring (bicyclic) bond motifs is 1. The van der Waals surface area contributed by atoms with Crippen LogP contribution in [-0.2, 0) is 5.92 Å². The van der Waals surface area contributed by atoms with Crippen LogP contribution in [0.4, 0.5) is 30.7 Å². The molecular formula is C13H7F7O. The van der Waals surface area contributed by atoms with E-state index in [1.807, 2.05) is 0 Å². The van der Waals surface area contributed by atoms with Crippen LogP contribution in [0.3, 0.4) is 0 Å². The number of hydrogen-bond acceptors (Lipinski definition) is 1. The minimum atomic E-state index is -6.41. The lowest BCUT2D eigenvalue weighted by molar-refractivity contribution is -0.359. The topological polar surface area (TPSA) is 20.2 Å². The maximum Gasteiger partial charge on any atom is 0.460 e. The van der Waals surface area contributed by atoms with E-state index in [-0.39, 0.29) is 5.39 Å². The van der Waals surface area contributed by atoms with Crippen molar-refractivity contribution in [3.8, 4) is 5.75 Å². The van der Waals surface area contributed by atoms with E-state index in [9.17, 15) is 35.8 Å². The first kappa shape index (κ1) is 15.4. The first-order valence-corrected chi connectivity index (χ1v) is 5.53. The van der Waals surface area contributed by atoms with Gasteiger partial charge in [0.15, 0.2) is 0 Å². The van der Waals surface area contributed by atoms with Gasteiger partial charge in [0.1, 0.15) is 5.75 Å². The monoisotopic (exact) mass is 312 g/mol. The smallest absolute Gasteiger partial charge is 0.460 e. The molecule has 8 heteroatoms. The molecule has 1 nitrogen and oxygen atoms in total. The molecule has 114 valence electrons. The van der Waals surface area contributed by atoms with Crippen LogP contribution in [0.25, 0.3) is 10.8 Å². The first-order valence-electron chi connectivity index (χ1n) is 5.53. The summed E-state index contributed by atoms with van der Waals surface area (Å²) in [6.45, 7) is 0. The lowest BCUT2D eigenvalue weighted by Crippen LogP contribution is -2.50. The van der Waals surface area contributed by atoms with Gasteiger partial charge in [-0.1, -0.05) is 24.3 Å². The molecule has 0 saturated heterocycles. The molecule has 0 unspecified atom stereocenters. The molecule has 0 heterocycles. The van der Waals surface area contributed by atoms with Gasteiger partial charge in [0.2, 0.25) is 0 Å². The number of phenolic OH excluding ortho intramolecular Hbond substituents is 1. The van der Waals surface area contributed by atoms with Crippen molar-refractivity contribution in [1.29, 1.82) is 0 Å². The number of alkyl halides is 7. The molecule has 0 amide bonds. The fourth-order valence-electron chi connectivity index (χ4n) is 1.90. The minimum absolute atomic E-state index is 0.243. The van der Waals surface area contributed by atoms with Gasteiger partial charge in [-0.2, -0.15) is 30.7 Å². The standard InChI is InChI=1S/C13H7F7O/c14-11(15,12(16,17)13(18,19)20)9-5-6-10(21)8-4-2-1-3-7(8)9/h1-6,21H. The molecule has 0 aromatic heterocycles. The zero-order valence-corrected chi connectivity index (χ0v) is 10.1. The molecule has 2 aromatic carbocycles. The molecule has 0 saturated carbocycles. The van der Waals surface area contributed by atoms with Gasteiger partial charge in [-0.15, -0.1) is 0 Å². The van der Waals surface area contributed by atoms with E-state index >= 15 is 0 Å². The summed E-state index contributed by atoms with van der Waals surface area (Å²) in [6, 6.07) is 5.59. The van der Waals surface area contributed by atoms with Gasteiger partial charge in [0, 0.05) is 10.9 Å². The highest BCUT2D eigenvalue weighted by Gasteiger charge is 2.73. The summed E-state index contributed by atoms with van der Waals surface area (Å²) in [5.74, 6) is -12.2. The second-order valence-corrected chi connectivity index (χ2v) is 4.32. The molecule has 21 heavy (non-hydrogen) atoms. The zero-order chi connectivity index (χ0) is 16.1. The Balaban J connectivity index is 2.75. The quantitative estimate of drug-likeness (QED) is 0.787. The molecule has 2 aromatic rings. The van der Waals surface area contributed by atoms with Gasteiger partial charge >= 0.3 is 18.0 Å². The van der Waals surface area contributed by atoms with E-state index in [1.165, 1.54) is 12.1 Å². The highest BCUT2D eigenvalue weighted by Crippen LogP contribution is 2.53. The van der Waals surface area contributed by atoms with Gasteiger partial charge < -0.3 is 5.11 Å². The minimum Gasteiger partial charge on any atom is -0.507 e. The molecular weight excluding hydrogens is 305 g/mol. The van der Waals surface area contributed by atoms with E-state index in [0.717, 1.165) is 12.1 Å². The largest absolute Gasteiger partial charge is 0.507 e. The zero-order valence-electron chi connectivity index (χ0n) is 10.1. The fourth-order valence-corrected chi connectivity index (χ4v) is 1.90. The van der Waals surface area contributed by atoms with Crippen molar-refractivity contribution in [2.45, 2.75) is 18.0 Å². The Hall–Kier alpha value is -1.99. The third-order valence-electron chi connectivity index (χ3n) is 2.99. The van der Waals surface area contributed by atoms with Crippen molar-refractivity contribution in [1.82, 2.24) is 0 Å². The molecule has 0 aliphatic rings. The van der Waals surface area contributed by atoms with Gasteiger partial charge in [0.25, 0.3) is 0 Å². The lowest BCUT2D eigenvalue weighted by Gasteiger charge is -2.29. The van der Waals surface area contributed by atoms with E-state index < -0.39 is 34.7 Å². The van der Waals surface area contributed by atoms with Crippen LogP contribution < -0.4 is 0 Å². The average molecular weight is 312 g/mol. The van der Waals surface area contributed by atoms with Gasteiger partial charge in [-0.05, 0) is 17.5 Å². The molecule has 0 fully saturated rings. The number of benzene rings is 2. The maximum absolute atomic E-state index is 13.7. The Morgan fingerprint density at radius 3 is 1.76 bits per heavy atom. The third-order valence-corrected chi connectivity index (χ3v) is 2.99. The molecule has 0 spiro atoms.